The van der Waals surface area contributed by atoms with Crippen LogP contribution in [-0.4, -0.2) is 35.4 Å². The van der Waals surface area contributed by atoms with Crippen molar-refractivity contribution in [2.45, 2.75) is 65.1 Å². The maximum atomic E-state index is 13.2. The summed E-state index contributed by atoms with van der Waals surface area (Å²) in [5.74, 6) is 0.367. The summed E-state index contributed by atoms with van der Waals surface area (Å²) in [6, 6.07) is 13.3. The van der Waals surface area contributed by atoms with Crippen LogP contribution in [0, 0.1) is 13.8 Å². The fraction of sp³-hybridized carbons (Fsp3) is 0.440. The summed E-state index contributed by atoms with van der Waals surface area (Å²) in [5, 5.41) is 3.12. The summed E-state index contributed by atoms with van der Waals surface area (Å²) in [7, 11) is 0. The summed E-state index contributed by atoms with van der Waals surface area (Å²) >= 11 is 3.44. The largest absolute Gasteiger partial charge is 0.483 e. The number of carbonyl (C=O) groups is 2. The first-order valence-corrected chi connectivity index (χ1v) is 11.7. The third-order valence-electron chi connectivity index (χ3n) is 5.82. The lowest BCUT2D eigenvalue weighted by Crippen LogP contribution is -2.50. The van der Waals surface area contributed by atoms with Gasteiger partial charge in [0.25, 0.3) is 5.91 Å². The number of halogens is 1. The minimum Gasteiger partial charge on any atom is -0.483 e. The third-order valence-corrected chi connectivity index (χ3v) is 6.35. The van der Waals surface area contributed by atoms with Crippen molar-refractivity contribution < 1.29 is 14.3 Å². The summed E-state index contributed by atoms with van der Waals surface area (Å²) in [5.41, 5.74) is 3.09. The summed E-state index contributed by atoms with van der Waals surface area (Å²) in [6.07, 6.45) is 4.30. The zero-order valence-electron chi connectivity index (χ0n) is 18.5. The number of hydrogen-bond acceptors (Lipinski definition) is 3. The monoisotopic (exact) mass is 486 g/mol. The molecule has 3 rings (SSSR count). The molecule has 1 aliphatic carbocycles. The molecular weight excluding hydrogens is 456 g/mol. The Hall–Kier alpha value is -2.34. The summed E-state index contributed by atoms with van der Waals surface area (Å²) in [4.78, 5) is 27.7. The highest BCUT2D eigenvalue weighted by molar-refractivity contribution is 9.10. The average Bonchev–Trinajstić information content (AvgIpc) is 3.25. The van der Waals surface area contributed by atoms with E-state index < -0.39 is 6.04 Å². The van der Waals surface area contributed by atoms with Crippen molar-refractivity contribution in [2.75, 3.05) is 6.61 Å². The quantitative estimate of drug-likeness (QED) is 0.575. The van der Waals surface area contributed by atoms with Crippen LogP contribution in [0.25, 0.3) is 0 Å². The predicted octanol–water partition coefficient (Wildman–Crippen LogP) is 4.92. The molecule has 1 atom stereocenters. The van der Waals surface area contributed by atoms with Crippen LogP contribution in [0.15, 0.2) is 46.9 Å². The first kappa shape index (κ1) is 23.3. The Morgan fingerprint density at radius 2 is 1.81 bits per heavy atom. The molecule has 1 aliphatic rings. The van der Waals surface area contributed by atoms with Gasteiger partial charge in [-0.05, 0) is 62.9 Å². The molecule has 0 saturated heterocycles. The van der Waals surface area contributed by atoms with Gasteiger partial charge in [0, 0.05) is 17.1 Å². The first-order valence-electron chi connectivity index (χ1n) is 10.9. The number of nitrogens with zero attached hydrogens (tertiary/aromatic N) is 1. The number of hydrogen-bond donors (Lipinski definition) is 1. The lowest BCUT2D eigenvalue weighted by atomic mass is 10.1. The predicted molar refractivity (Wildman–Crippen MR) is 126 cm³/mol. The number of nitrogens with one attached hydrogen (secondary N) is 1. The molecule has 5 nitrogen and oxygen atoms in total. The fourth-order valence-electron chi connectivity index (χ4n) is 3.94. The third kappa shape index (κ3) is 6.57. The van der Waals surface area contributed by atoms with Crippen LogP contribution in [0.1, 0.15) is 49.3 Å². The first-order chi connectivity index (χ1) is 14.8. The minimum atomic E-state index is -0.584. The molecule has 0 heterocycles. The Bertz CT molecular complexity index is 907. The van der Waals surface area contributed by atoms with Crippen LogP contribution >= 0.6 is 15.9 Å². The SMILES string of the molecule is Cc1ccc(OCC(=O)N(Cc2ccc(Br)cc2)[C@@H](C)C(=O)NC2CCCC2)c(C)c1. The van der Waals surface area contributed by atoms with E-state index in [-0.39, 0.29) is 24.5 Å². The number of amides is 2. The molecule has 0 spiro atoms. The van der Waals surface area contributed by atoms with Gasteiger partial charge in [0.05, 0.1) is 0 Å². The average molecular weight is 487 g/mol. The van der Waals surface area contributed by atoms with Crippen molar-refractivity contribution >= 4 is 27.7 Å². The van der Waals surface area contributed by atoms with Crippen molar-refractivity contribution in [1.29, 1.82) is 0 Å². The molecule has 2 aromatic rings. The highest BCUT2D eigenvalue weighted by Crippen LogP contribution is 2.21. The number of carbonyl (C=O) groups excluding carboxylic acids is 2. The molecule has 2 aromatic carbocycles. The van der Waals surface area contributed by atoms with Gasteiger partial charge in [-0.15, -0.1) is 0 Å². The van der Waals surface area contributed by atoms with Gasteiger partial charge in [-0.3, -0.25) is 9.59 Å². The number of ether oxygens (including phenoxy) is 1. The smallest absolute Gasteiger partial charge is 0.261 e. The molecule has 6 heteroatoms. The van der Waals surface area contributed by atoms with Crippen LogP contribution in [0.4, 0.5) is 0 Å². The van der Waals surface area contributed by atoms with Gasteiger partial charge < -0.3 is 15.0 Å². The zero-order valence-corrected chi connectivity index (χ0v) is 20.1. The molecule has 0 aliphatic heterocycles. The van der Waals surface area contributed by atoms with Gasteiger partial charge in [-0.1, -0.05) is 58.6 Å². The van der Waals surface area contributed by atoms with Gasteiger partial charge in [0.15, 0.2) is 6.61 Å². The second-order valence-electron chi connectivity index (χ2n) is 8.37. The Morgan fingerprint density at radius 3 is 2.45 bits per heavy atom. The lowest BCUT2D eigenvalue weighted by molar-refractivity contribution is -0.142. The van der Waals surface area contributed by atoms with Gasteiger partial charge in [-0.2, -0.15) is 0 Å². The van der Waals surface area contributed by atoms with E-state index in [1.807, 2.05) is 56.3 Å². The molecule has 0 bridgehead atoms. The van der Waals surface area contributed by atoms with Crippen LogP contribution < -0.4 is 10.1 Å². The van der Waals surface area contributed by atoms with E-state index >= 15 is 0 Å². The van der Waals surface area contributed by atoms with Crippen LogP contribution in [0.3, 0.4) is 0 Å². The van der Waals surface area contributed by atoms with E-state index in [1.165, 1.54) is 0 Å². The highest BCUT2D eigenvalue weighted by atomic mass is 79.9. The molecule has 1 fully saturated rings. The van der Waals surface area contributed by atoms with E-state index in [9.17, 15) is 9.59 Å². The van der Waals surface area contributed by atoms with E-state index in [2.05, 4.69) is 21.2 Å². The van der Waals surface area contributed by atoms with Crippen molar-refractivity contribution in [2.24, 2.45) is 0 Å². The molecule has 1 saturated carbocycles. The minimum absolute atomic E-state index is 0.108. The maximum Gasteiger partial charge on any atom is 0.261 e. The number of aryl methyl sites for hydroxylation is 2. The van der Waals surface area contributed by atoms with Crippen molar-refractivity contribution in [1.82, 2.24) is 10.2 Å². The van der Waals surface area contributed by atoms with Crippen LogP contribution in [0.2, 0.25) is 0 Å². The van der Waals surface area contributed by atoms with E-state index in [1.54, 1.807) is 11.8 Å². The van der Waals surface area contributed by atoms with Crippen LogP contribution in [0.5, 0.6) is 5.75 Å². The Balaban J connectivity index is 1.72. The Kier molecular flexibility index (Phi) is 8.13. The van der Waals surface area contributed by atoms with E-state index in [4.69, 9.17) is 4.74 Å². The van der Waals surface area contributed by atoms with Gasteiger partial charge in [0.2, 0.25) is 5.91 Å². The summed E-state index contributed by atoms with van der Waals surface area (Å²) in [6.45, 7) is 6.01. The maximum absolute atomic E-state index is 13.2. The van der Waals surface area contributed by atoms with Crippen LogP contribution in [-0.2, 0) is 16.1 Å². The van der Waals surface area contributed by atoms with Gasteiger partial charge in [-0.25, -0.2) is 0 Å². The fourth-order valence-corrected chi connectivity index (χ4v) is 4.21. The highest BCUT2D eigenvalue weighted by Gasteiger charge is 2.28. The van der Waals surface area contributed by atoms with Gasteiger partial charge in [0.1, 0.15) is 11.8 Å². The molecule has 2 amide bonds. The second-order valence-corrected chi connectivity index (χ2v) is 9.29. The normalized spacial score (nSPS) is 14.8. The van der Waals surface area contributed by atoms with Crippen molar-refractivity contribution in [3.8, 4) is 5.75 Å². The van der Waals surface area contributed by atoms with E-state index in [0.29, 0.717) is 12.3 Å². The molecule has 0 unspecified atom stereocenters. The topological polar surface area (TPSA) is 58.6 Å². The van der Waals surface area contributed by atoms with Crippen molar-refractivity contribution in [3.63, 3.8) is 0 Å². The van der Waals surface area contributed by atoms with E-state index in [0.717, 1.165) is 46.8 Å². The second kappa shape index (κ2) is 10.8. The molecule has 0 radical (unpaired) electrons. The molecule has 166 valence electrons. The standard InChI is InChI=1S/C25H31BrN2O3/c1-17-8-13-23(18(2)14-17)31-16-24(29)28(15-20-9-11-21(26)12-10-20)19(3)25(30)27-22-6-4-5-7-22/h8-14,19,22H,4-7,15-16H2,1-3H3,(H,27,30)/t19-/m0/s1. The molecule has 0 aromatic heterocycles. The molecule has 31 heavy (non-hydrogen) atoms. The molecular formula is C25H31BrN2O3. The Labute approximate surface area is 193 Å². The Morgan fingerprint density at radius 1 is 1.13 bits per heavy atom. The molecule has 1 N–H and O–H groups in total. The lowest BCUT2D eigenvalue weighted by Gasteiger charge is -2.29. The zero-order chi connectivity index (χ0) is 22.4. The number of rotatable bonds is 8. The van der Waals surface area contributed by atoms with Gasteiger partial charge >= 0.3 is 0 Å². The van der Waals surface area contributed by atoms with Crippen molar-refractivity contribution in [3.05, 3.63) is 63.6 Å². The number of benzene rings is 2. The summed E-state index contributed by atoms with van der Waals surface area (Å²) < 4.78 is 6.80.